The summed E-state index contributed by atoms with van der Waals surface area (Å²) in [6.45, 7) is 0.711. The summed E-state index contributed by atoms with van der Waals surface area (Å²) in [6, 6.07) is 13.6. The normalized spacial score (nSPS) is 11.3. The molecule has 0 saturated heterocycles. The minimum atomic E-state index is -0.167. The third kappa shape index (κ3) is 5.48. The van der Waals surface area contributed by atoms with Crippen LogP contribution in [-0.2, 0) is 4.79 Å². The summed E-state index contributed by atoms with van der Waals surface area (Å²) in [5.74, 6) is 0.529. The van der Waals surface area contributed by atoms with Crippen molar-refractivity contribution in [3.63, 3.8) is 0 Å². The Morgan fingerprint density at radius 3 is 2.78 bits per heavy atom. The Labute approximate surface area is 171 Å². The van der Waals surface area contributed by atoms with Crippen LogP contribution in [0.15, 0.2) is 60.9 Å². The van der Waals surface area contributed by atoms with Crippen LogP contribution in [0.1, 0.15) is 0 Å². The highest BCUT2D eigenvalue weighted by atomic mass is 127. The van der Waals surface area contributed by atoms with Crippen LogP contribution >= 0.6 is 22.6 Å². The summed E-state index contributed by atoms with van der Waals surface area (Å²) in [6.07, 6.45) is 4.89. The van der Waals surface area contributed by atoms with Crippen molar-refractivity contribution in [2.75, 3.05) is 31.3 Å². The van der Waals surface area contributed by atoms with Gasteiger partial charge in [0.25, 0.3) is 0 Å². The molecule has 1 amide bonds. The molecular weight excluding hydrogens is 453 g/mol. The molecule has 0 unspecified atom stereocenters. The first-order valence-corrected chi connectivity index (χ1v) is 9.49. The van der Waals surface area contributed by atoms with E-state index in [0.717, 1.165) is 20.2 Å². The Balaban J connectivity index is 1.83. The maximum absolute atomic E-state index is 12.1. The Morgan fingerprint density at radius 1 is 1.15 bits per heavy atom. The van der Waals surface area contributed by atoms with E-state index in [4.69, 9.17) is 0 Å². The predicted molar refractivity (Wildman–Crippen MR) is 118 cm³/mol. The molecule has 0 atom stereocenters. The van der Waals surface area contributed by atoms with E-state index in [1.807, 2.05) is 67.5 Å². The molecule has 0 radical (unpaired) electrons. The van der Waals surface area contributed by atoms with Gasteiger partial charge in [-0.2, -0.15) is 0 Å². The van der Waals surface area contributed by atoms with Crippen molar-refractivity contribution in [3.8, 4) is 0 Å². The zero-order chi connectivity index (χ0) is 19.2. The standard InChI is InChI=1S/C20H20IN5O/c1-26(2)10-4-7-19(27)24-16-8-9-18-17(12-16)20(23-13-22-18)25-15-6-3-5-14(21)11-15/h3-9,11-13H,10H2,1-2H3,(H,24,27)(H,22,23,25)/b7-4+. The third-order valence-electron chi connectivity index (χ3n) is 3.73. The molecule has 0 fully saturated rings. The largest absolute Gasteiger partial charge is 0.340 e. The summed E-state index contributed by atoms with van der Waals surface area (Å²) >= 11 is 2.27. The van der Waals surface area contributed by atoms with Crippen molar-refractivity contribution in [2.24, 2.45) is 0 Å². The first-order valence-electron chi connectivity index (χ1n) is 8.41. The summed E-state index contributed by atoms with van der Waals surface area (Å²) in [4.78, 5) is 22.7. The quantitative estimate of drug-likeness (QED) is 0.418. The van der Waals surface area contributed by atoms with Gasteiger partial charge in [-0.05, 0) is 73.1 Å². The van der Waals surface area contributed by atoms with Crippen LogP contribution in [0.4, 0.5) is 17.2 Å². The lowest BCUT2D eigenvalue weighted by Crippen LogP contribution is -2.12. The highest BCUT2D eigenvalue weighted by Gasteiger charge is 2.07. The average molecular weight is 473 g/mol. The fraction of sp³-hybridized carbons (Fsp3) is 0.150. The Bertz CT molecular complexity index is 987. The van der Waals surface area contributed by atoms with E-state index in [2.05, 4.69) is 43.2 Å². The summed E-state index contributed by atoms with van der Waals surface area (Å²) in [5, 5.41) is 7.05. The van der Waals surface area contributed by atoms with Crippen molar-refractivity contribution in [1.82, 2.24) is 14.9 Å². The van der Waals surface area contributed by atoms with Gasteiger partial charge in [0.2, 0.25) is 5.91 Å². The first kappa shape index (κ1) is 19.2. The van der Waals surface area contributed by atoms with Crippen LogP contribution in [-0.4, -0.2) is 41.4 Å². The zero-order valence-corrected chi connectivity index (χ0v) is 17.3. The molecule has 2 aromatic carbocycles. The average Bonchev–Trinajstić information content (AvgIpc) is 2.62. The first-order chi connectivity index (χ1) is 13.0. The van der Waals surface area contributed by atoms with Gasteiger partial charge in [0.1, 0.15) is 12.1 Å². The lowest BCUT2D eigenvalue weighted by Gasteiger charge is -2.10. The van der Waals surface area contributed by atoms with Crippen LogP contribution in [0.2, 0.25) is 0 Å². The number of aromatic nitrogens is 2. The second-order valence-corrected chi connectivity index (χ2v) is 7.49. The van der Waals surface area contributed by atoms with Crippen LogP contribution in [0, 0.1) is 3.57 Å². The van der Waals surface area contributed by atoms with E-state index in [1.54, 1.807) is 0 Å². The number of benzene rings is 2. The van der Waals surface area contributed by atoms with Gasteiger partial charge in [-0.25, -0.2) is 9.97 Å². The number of hydrogen-bond acceptors (Lipinski definition) is 5. The molecule has 0 aliphatic carbocycles. The van der Waals surface area contributed by atoms with Crippen molar-refractivity contribution < 1.29 is 4.79 Å². The summed E-state index contributed by atoms with van der Waals surface area (Å²) in [5.41, 5.74) is 2.45. The van der Waals surface area contributed by atoms with Crippen molar-refractivity contribution in [1.29, 1.82) is 0 Å². The SMILES string of the molecule is CN(C)C/C=C/C(=O)Nc1ccc2ncnc(Nc3cccc(I)c3)c2c1. The van der Waals surface area contributed by atoms with Gasteiger partial charge in [-0.1, -0.05) is 12.1 Å². The van der Waals surface area contributed by atoms with Crippen molar-refractivity contribution in [3.05, 3.63) is 64.5 Å². The number of likely N-dealkylation sites (N-methyl/N-ethyl adjacent to an activating group) is 1. The molecule has 0 bridgehead atoms. The summed E-state index contributed by atoms with van der Waals surface area (Å²) < 4.78 is 1.13. The highest BCUT2D eigenvalue weighted by molar-refractivity contribution is 14.1. The van der Waals surface area contributed by atoms with Gasteiger partial charge >= 0.3 is 0 Å². The Morgan fingerprint density at radius 2 is 2.00 bits per heavy atom. The van der Waals surface area contributed by atoms with E-state index < -0.39 is 0 Å². The maximum Gasteiger partial charge on any atom is 0.248 e. The number of nitrogens with zero attached hydrogens (tertiary/aromatic N) is 3. The monoisotopic (exact) mass is 473 g/mol. The molecule has 0 saturated carbocycles. The third-order valence-corrected chi connectivity index (χ3v) is 4.40. The molecule has 0 spiro atoms. The minimum Gasteiger partial charge on any atom is -0.340 e. The molecule has 1 aromatic heterocycles. The van der Waals surface area contributed by atoms with E-state index in [-0.39, 0.29) is 5.91 Å². The molecule has 0 aliphatic rings. The van der Waals surface area contributed by atoms with Crippen molar-refractivity contribution >= 4 is 56.6 Å². The van der Waals surface area contributed by atoms with Gasteiger partial charge in [-0.3, -0.25) is 4.79 Å². The molecule has 1 heterocycles. The molecule has 0 aliphatic heterocycles. The van der Waals surface area contributed by atoms with Crippen LogP contribution < -0.4 is 10.6 Å². The molecule has 3 rings (SSSR count). The number of carbonyl (C=O) groups excluding carboxylic acids is 1. The number of rotatable bonds is 6. The van der Waals surface area contributed by atoms with E-state index in [0.29, 0.717) is 18.1 Å². The van der Waals surface area contributed by atoms with Crippen LogP contribution in [0.5, 0.6) is 0 Å². The number of anilines is 3. The smallest absolute Gasteiger partial charge is 0.248 e. The van der Waals surface area contributed by atoms with Crippen LogP contribution in [0.3, 0.4) is 0 Å². The lowest BCUT2D eigenvalue weighted by atomic mass is 10.2. The lowest BCUT2D eigenvalue weighted by molar-refractivity contribution is -0.111. The topological polar surface area (TPSA) is 70.2 Å². The van der Waals surface area contributed by atoms with E-state index in [9.17, 15) is 4.79 Å². The molecule has 138 valence electrons. The fourth-order valence-electron chi connectivity index (χ4n) is 2.49. The van der Waals surface area contributed by atoms with Crippen molar-refractivity contribution in [2.45, 2.75) is 0 Å². The summed E-state index contributed by atoms with van der Waals surface area (Å²) in [7, 11) is 3.90. The molecule has 27 heavy (non-hydrogen) atoms. The molecule has 7 heteroatoms. The molecule has 2 N–H and O–H groups in total. The number of nitrogens with one attached hydrogen (secondary N) is 2. The van der Waals surface area contributed by atoms with Crippen LogP contribution in [0.25, 0.3) is 10.9 Å². The van der Waals surface area contributed by atoms with Gasteiger partial charge < -0.3 is 15.5 Å². The van der Waals surface area contributed by atoms with Gasteiger partial charge in [0.05, 0.1) is 5.52 Å². The molecule has 6 nitrogen and oxygen atoms in total. The fourth-order valence-corrected chi connectivity index (χ4v) is 3.03. The minimum absolute atomic E-state index is 0.167. The molecular formula is C20H20IN5O. The van der Waals surface area contributed by atoms with Gasteiger partial charge in [0.15, 0.2) is 0 Å². The van der Waals surface area contributed by atoms with Gasteiger partial charge in [-0.15, -0.1) is 0 Å². The number of amides is 1. The zero-order valence-electron chi connectivity index (χ0n) is 15.1. The Kier molecular flexibility index (Phi) is 6.36. The van der Waals surface area contributed by atoms with Gasteiger partial charge in [0, 0.05) is 33.0 Å². The number of fused-ring (bicyclic) bond motifs is 1. The second-order valence-electron chi connectivity index (χ2n) is 6.24. The van der Waals surface area contributed by atoms with E-state index in [1.165, 1.54) is 12.4 Å². The van der Waals surface area contributed by atoms with E-state index >= 15 is 0 Å². The Hall–Kier alpha value is -2.52. The maximum atomic E-state index is 12.1. The highest BCUT2D eigenvalue weighted by Crippen LogP contribution is 2.26. The second kappa shape index (κ2) is 8.92. The number of carbonyl (C=O) groups is 1. The predicted octanol–water partition coefficient (Wildman–Crippen LogP) is 4.03. The number of hydrogen-bond donors (Lipinski definition) is 2. The molecule has 3 aromatic rings. The number of halogens is 1.